The maximum Gasteiger partial charge on any atom is 0.229 e. The van der Waals surface area contributed by atoms with Crippen LogP contribution in [-0.4, -0.2) is 46.8 Å². The van der Waals surface area contributed by atoms with Gasteiger partial charge in [-0.15, -0.1) is 0 Å². The highest BCUT2D eigenvalue weighted by atomic mass is 35.5. The van der Waals surface area contributed by atoms with Crippen LogP contribution >= 0.6 is 11.6 Å². The molecule has 1 fully saturated rings. The van der Waals surface area contributed by atoms with Gasteiger partial charge in [-0.25, -0.2) is 0 Å². The van der Waals surface area contributed by atoms with E-state index in [0.29, 0.717) is 39.4 Å². The van der Waals surface area contributed by atoms with Crippen molar-refractivity contribution in [1.29, 1.82) is 0 Å². The molecule has 1 unspecified atom stereocenters. The predicted octanol–water partition coefficient (Wildman–Crippen LogP) is 3.37. The molecule has 30 heavy (non-hydrogen) atoms. The summed E-state index contributed by atoms with van der Waals surface area (Å²) >= 11 is 6.11. The molecule has 0 spiro atoms. The molecule has 9 heteroatoms. The number of carbonyl (C=O) groups excluding carboxylic acids is 2. The van der Waals surface area contributed by atoms with Gasteiger partial charge in [0.15, 0.2) is 0 Å². The van der Waals surface area contributed by atoms with Gasteiger partial charge in [0.25, 0.3) is 0 Å². The molecule has 1 heterocycles. The van der Waals surface area contributed by atoms with Crippen molar-refractivity contribution in [3.63, 3.8) is 0 Å². The van der Waals surface area contributed by atoms with Crippen molar-refractivity contribution in [2.24, 2.45) is 5.92 Å². The Balaban J connectivity index is 1.81. The number of hydrogen-bond acceptors (Lipinski definition) is 6. The lowest BCUT2D eigenvalue weighted by Crippen LogP contribution is -2.28. The van der Waals surface area contributed by atoms with Crippen molar-refractivity contribution in [2.75, 3.05) is 45.2 Å². The number of rotatable bonds is 7. The highest BCUT2D eigenvalue weighted by Gasteiger charge is 2.37. The van der Waals surface area contributed by atoms with E-state index in [1.54, 1.807) is 37.4 Å². The maximum atomic E-state index is 12.9. The van der Waals surface area contributed by atoms with E-state index in [0.717, 1.165) is 0 Å². The molecular formula is C21H23ClN2O6. The van der Waals surface area contributed by atoms with Crippen molar-refractivity contribution in [1.82, 2.24) is 0 Å². The first-order valence-corrected chi connectivity index (χ1v) is 9.54. The number of benzene rings is 2. The molecule has 1 aliphatic rings. The van der Waals surface area contributed by atoms with Crippen LogP contribution in [0.1, 0.15) is 6.42 Å². The summed E-state index contributed by atoms with van der Waals surface area (Å²) in [7, 11) is 6.02. The summed E-state index contributed by atoms with van der Waals surface area (Å²) < 4.78 is 21.1. The molecule has 0 bridgehead atoms. The average Bonchev–Trinajstić information content (AvgIpc) is 3.15. The van der Waals surface area contributed by atoms with Crippen LogP contribution in [0, 0.1) is 5.92 Å². The summed E-state index contributed by atoms with van der Waals surface area (Å²) in [6.45, 7) is 0.210. The Morgan fingerprint density at radius 3 is 2.33 bits per heavy atom. The van der Waals surface area contributed by atoms with E-state index in [4.69, 9.17) is 30.5 Å². The first-order chi connectivity index (χ1) is 14.4. The Bertz CT molecular complexity index is 965. The molecule has 1 N–H and O–H groups in total. The molecule has 1 atom stereocenters. The number of anilines is 2. The van der Waals surface area contributed by atoms with E-state index < -0.39 is 5.92 Å². The zero-order valence-corrected chi connectivity index (χ0v) is 17.9. The maximum absolute atomic E-state index is 12.9. The van der Waals surface area contributed by atoms with E-state index in [-0.39, 0.29) is 24.8 Å². The standard InChI is InChI=1S/C21H23ClN2O6/c1-27-13-5-6-17(28-2)16(8-13)24-11-12(7-20(24)25)21(26)23-15-10-18(29-3)14(22)9-19(15)30-4/h5-6,8-10,12H,7,11H2,1-4H3,(H,23,26). The van der Waals surface area contributed by atoms with Gasteiger partial charge in [-0.2, -0.15) is 0 Å². The molecule has 0 saturated carbocycles. The molecule has 8 nitrogen and oxygen atoms in total. The van der Waals surface area contributed by atoms with Crippen molar-refractivity contribution in [2.45, 2.75) is 6.42 Å². The van der Waals surface area contributed by atoms with Gasteiger partial charge in [-0.1, -0.05) is 11.6 Å². The van der Waals surface area contributed by atoms with Gasteiger partial charge in [0, 0.05) is 31.2 Å². The van der Waals surface area contributed by atoms with E-state index in [9.17, 15) is 9.59 Å². The molecule has 0 radical (unpaired) electrons. The largest absolute Gasteiger partial charge is 0.497 e. The topological polar surface area (TPSA) is 86.3 Å². The molecule has 160 valence electrons. The zero-order valence-electron chi connectivity index (χ0n) is 17.2. The van der Waals surface area contributed by atoms with Gasteiger partial charge >= 0.3 is 0 Å². The molecule has 0 aliphatic carbocycles. The predicted molar refractivity (Wildman–Crippen MR) is 113 cm³/mol. The molecule has 2 amide bonds. The number of nitrogens with one attached hydrogen (secondary N) is 1. The van der Waals surface area contributed by atoms with Crippen molar-refractivity contribution in [3.8, 4) is 23.0 Å². The number of hydrogen-bond donors (Lipinski definition) is 1. The summed E-state index contributed by atoms with van der Waals surface area (Å²) in [5, 5.41) is 3.17. The van der Waals surface area contributed by atoms with Crippen molar-refractivity contribution >= 4 is 34.8 Å². The molecule has 1 aliphatic heterocycles. The molecule has 2 aromatic rings. The number of carbonyl (C=O) groups is 2. The lowest BCUT2D eigenvalue weighted by atomic mass is 10.1. The lowest BCUT2D eigenvalue weighted by Gasteiger charge is -2.20. The fraction of sp³-hybridized carbons (Fsp3) is 0.333. The van der Waals surface area contributed by atoms with Crippen LogP contribution in [0.15, 0.2) is 30.3 Å². The number of halogens is 1. The lowest BCUT2D eigenvalue weighted by molar-refractivity contribution is -0.122. The third kappa shape index (κ3) is 4.23. The quantitative estimate of drug-likeness (QED) is 0.719. The van der Waals surface area contributed by atoms with Gasteiger partial charge in [-0.3, -0.25) is 9.59 Å². The second kappa shape index (κ2) is 9.13. The van der Waals surface area contributed by atoms with E-state index in [1.807, 2.05) is 0 Å². The van der Waals surface area contributed by atoms with Crippen LogP contribution < -0.4 is 29.2 Å². The van der Waals surface area contributed by atoms with E-state index in [2.05, 4.69) is 5.32 Å². The zero-order chi connectivity index (χ0) is 21.8. The Hall–Kier alpha value is -3.13. The van der Waals surface area contributed by atoms with Gasteiger partial charge in [0.2, 0.25) is 11.8 Å². The van der Waals surface area contributed by atoms with Gasteiger partial charge < -0.3 is 29.2 Å². The Morgan fingerprint density at radius 2 is 1.70 bits per heavy atom. The second-order valence-electron chi connectivity index (χ2n) is 6.62. The van der Waals surface area contributed by atoms with Crippen LogP contribution in [-0.2, 0) is 9.59 Å². The number of nitrogens with zero attached hydrogens (tertiary/aromatic N) is 1. The number of methoxy groups -OCH3 is 4. The second-order valence-corrected chi connectivity index (χ2v) is 7.03. The first kappa shape index (κ1) is 21.6. The Morgan fingerprint density at radius 1 is 1.00 bits per heavy atom. The minimum absolute atomic E-state index is 0.0687. The van der Waals surface area contributed by atoms with Crippen LogP contribution in [0.25, 0.3) is 0 Å². The highest BCUT2D eigenvalue weighted by Crippen LogP contribution is 2.38. The average molecular weight is 435 g/mol. The summed E-state index contributed by atoms with van der Waals surface area (Å²) in [5.41, 5.74) is 0.969. The van der Waals surface area contributed by atoms with E-state index in [1.165, 1.54) is 26.2 Å². The minimum Gasteiger partial charge on any atom is -0.497 e. The fourth-order valence-corrected chi connectivity index (χ4v) is 3.55. The van der Waals surface area contributed by atoms with Crippen LogP contribution in [0.4, 0.5) is 11.4 Å². The van der Waals surface area contributed by atoms with Crippen molar-refractivity contribution < 1.29 is 28.5 Å². The molecular weight excluding hydrogens is 412 g/mol. The molecule has 1 saturated heterocycles. The first-order valence-electron chi connectivity index (χ1n) is 9.16. The Labute approximate surface area is 179 Å². The molecule has 0 aromatic heterocycles. The molecule has 3 rings (SSSR count). The summed E-state index contributed by atoms with van der Waals surface area (Å²) in [5.74, 6) is 0.860. The highest BCUT2D eigenvalue weighted by molar-refractivity contribution is 6.32. The van der Waals surface area contributed by atoms with Crippen molar-refractivity contribution in [3.05, 3.63) is 35.4 Å². The third-order valence-corrected chi connectivity index (χ3v) is 5.20. The monoisotopic (exact) mass is 434 g/mol. The fourth-order valence-electron chi connectivity index (χ4n) is 3.32. The SMILES string of the molecule is COc1ccc(OC)c(N2CC(C(=O)Nc3cc(OC)c(Cl)cc3OC)CC2=O)c1. The minimum atomic E-state index is -0.556. The van der Waals surface area contributed by atoms with Crippen LogP contribution in [0.2, 0.25) is 5.02 Å². The normalized spacial score (nSPS) is 15.7. The summed E-state index contributed by atoms with van der Waals surface area (Å²) in [4.78, 5) is 27.1. The molecule has 2 aromatic carbocycles. The van der Waals surface area contributed by atoms with Gasteiger partial charge in [0.1, 0.15) is 23.0 Å². The number of amides is 2. The van der Waals surface area contributed by atoms with Crippen LogP contribution in [0.3, 0.4) is 0 Å². The van der Waals surface area contributed by atoms with E-state index >= 15 is 0 Å². The van der Waals surface area contributed by atoms with Gasteiger partial charge in [-0.05, 0) is 12.1 Å². The summed E-state index contributed by atoms with van der Waals surface area (Å²) in [6, 6.07) is 8.32. The number of ether oxygens (including phenoxy) is 4. The third-order valence-electron chi connectivity index (χ3n) is 4.90. The smallest absolute Gasteiger partial charge is 0.229 e. The summed E-state index contributed by atoms with van der Waals surface area (Å²) in [6.07, 6.45) is 0.0687. The van der Waals surface area contributed by atoms with Crippen LogP contribution in [0.5, 0.6) is 23.0 Å². The van der Waals surface area contributed by atoms with Gasteiger partial charge in [0.05, 0.1) is 50.8 Å². The Kier molecular flexibility index (Phi) is 6.56.